The van der Waals surface area contributed by atoms with Crippen molar-refractivity contribution in [3.05, 3.63) is 35.9 Å². The fourth-order valence-corrected chi connectivity index (χ4v) is 7.00. The van der Waals surface area contributed by atoms with Crippen LogP contribution in [0.2, 0.25) is 0 Å². The van der Waals surface area contributed by atoms with Crippen LogP contribution in [0.25, 0.3) is 27.8 Å². The fourth-order valence-electron chi connectivity index (χ4n) is 7.00. The number of nitrogens with one attached hydrogen (secondary N) is 2. The molecular formula is C28H35N7O. The second-order valence-corrected chi connectivity index (χ2v) is 11.6. The highest BCUT2D eigenvalue weighted by atomic mass is 16.5. The van der Waals surface area contributed by atoms with Gasteiger partial charge in [-0.05, 0) is 62.5 Å². The first-order valence-electron chi connectivity index (χ1n) is 13.4. The minimum Gasteiger partial charge on any atom is -0.493 e. The monoisotopic (exact) mass is 485 g/mol. The summed E-state index contributed by atoms with van der Waals surface area (Å²) >= 11 is 0. The van der Waals surface area contributed by atoms with Crippen LogP contribution in [0, 0.1) is 12.8 Å². The number of aryl methyl sites for hydroxylation is 1. The molecule has 8 nitrogen and oxygen atoms in total. The minimum absolute atomic E-state index is 0.336. The molecule has 2 bridgehead atoms. The molecule has 36 heavy (non-hydrogen) atoms. The summed E-state index contributed by atoms with van der Waals surface area (Å²) in [4.78, 5) is 15.5. The van der Waals surface area contributed by atoms with E-state index in [1.54, 1.807) is 18.0 Å². The summed E-state index contributed by atoms with van der Waals surface area (Å²) in [7, 11) is 1.68. The number of piperidine rings is 1. The number of H-pyrrole nitrogens is 1. The molecular weight excluding hydrogens is 450 g/mol. The van der Waals surface area contributed by atoms with E-state index in [2.05, 4.69) is 46.1 Å². The summed E-state index contributed by atoms with van der Waals surface area (Å²) in [5.41, 5.74) is 7.01. The molecule has 8 rings (SSSR count). The smallest absolute Gasteiger partial charge is 0.197 e. The number of aromatic nitrogens is 5. The van der Waals surface area contributed by atoms with Crippen molar-refractivity contribution in [3.8, 4) is 17.0 Å². The van der Waals surface area contributed by atoms with Crippen molar-refractivity contribution in [2.24, 2.45) is 5.92 Å². The molecule has 4 aromatic heterocycles. The third-order valence-electron chi connectivity index (χ3n) is 8.86. The van der Waals surface area contributed by atoms with E-state index in [1.807, 2.05) is 18.5 Å². The van der Waals surface area contributed by atoms with E-state index >= 15 is 0 Å². The van der Waals surface area contributed by atoms with Crippen molar-refractivity contribution in [2.45, 2.75) is 70.4 Å². The highest BCUT2D eigenvalue weighted by Gasteiger charge is 2.56. The van der Waals surface area contributed by atoms with E-state index in [4.69, 9.17) is 9.72 Å². The first-order chi connectivity index (χ1) is 17.4. The van der Waals surface area contributed by atoms with Crippen LogP contribution >= 0.6 is 0 Å². The quantitative estimate of drug-likeness (QED) is 0.407. The number of rotatable bonds is 6. The van der Waals surface area contributed by atoms with Crippen LogP contribution in [0.4, 0.5) is 5.82 Å². The number of methoxy groups -OCH3 is 1. The molecule has 4 aliphatic rings. The van der Waals surface area contributed by atoms with Crippen molar-refractivity contribution < 1.29 is 4.74 Å². The first-order valence-corrected chi connectivity index (χ1v) is 13.4. The van der Waals surface area contributed by atoms with Crippen molar-refractivity contribution >= 4 is 22.4 Å². The summed E-state index contributed by atoms with van der Waals surface area (Å²) in [6.07, 6.45) is 12.2. The number of anilines is 1. The van der Waals surface area contributed by atoms with Gasteiger partial charge in [0.1, 0.15) is 12.1 Å². The lowest BCUT2D eigenvalue weighted by Crippen LogP contribution is -2.69. The van der Waals surface area contributed by atoms with Gasteiger partial charge in [0.2, 0.25) is 0 Å². The molecule has 2 N–H and O–H groups in total. The maximum absolute atomic E-state index is 5.64. The molecule has 1 aliphatic heterocycles. The summed E-state index contributed by atoms with van der Waals surface area (Å²) in [5.74, 6) is 3.20. The van der Waals surface area contributed by atoms with E-state index < -0.39 is 0 Å². The molecule has 0 aromatic carbocycles. The number of nitrogens with zero attached hydrogens (tertiary/aromatic N) is 5. The Hall–Kier alpha value is -3.13. The van der Waals surface area contributed by atoms with Crippen LogP contribution in [-0.2, 0) is 0 Å². The average Bonchev–Trinajstić information content (AvgIpc) is 3.46. The lowest BCUT2D eigenvalue weighted by atomic mass is 9.49. The molecule has 1 saturated heterocycles. The maximum Gasteiger partial charge on any atom is 0.197 e. The van der Waals surface area contributed by atoms with Gasteiger partial charge in [0, 0.05) is 47.4 Å². The Bertz CT molecular complexity index is 1440. The lowest BCUT2D eigenvalue weighted by molar-refractivity contribution is -0.0605. The molecule has 4 fully saturated rings. The van der Waals surface area contributed by atoms with E-state index in [0.29, 0.717) is 23.2 Å². The molecule has 3 aliphatic carbocycles. The van der Waals surface area contributed by atoms with Crippen LogP contribution in [-0.4, -0.2) is 56.3 Å². The van der Waals surface area contributed by atoms with Crippen LogP contribution in [0.3, 0.4) is 0 Å². The van der Waals surface area contributed by atoms with Crippen molar-refractivity contribution in [3.63, 3.8) is 0 Å². The second kappa shape index (κ2) is 7.93. The molecule has 5 heterocycles. The standard InChI is InChI=1S/C28H35N7O/c1-16(2)23-24-17(3)26(34-7-5-20(6-8-34)33-28-10-18(11-28)12-28)29-13-21(24)32-25(23)19-9-22(36-4)27-30-15-31-35(27)14-19/h9,13-16,18,20,32-33H,5-8,10-12H2,1-4H3. The van der Waals surface area contributed by atoms with Gasteiger partial charge in [-0.2, -0.15) is 5.10 Å². The SMILES string of the molecule is COc1cc(-c2[nH]c3cnc(N4CCC(NC56CC(C5)C6)CC4)c(C)c3c2C(C)C)cn2ncnc12. The largest absolute Gasteiger partial charge is 0.493 e. The normalized spacial score (nSPS) is 23.9. The van der Waals surface area contributed by atoms with E-state index in [-0.39, 0.29) is 0 Å². The third kappa shape index (κ3) is 3.26. The van der Waals surface area contributed by atoms with E-state index in [1.165, 1.54) is 48.6 Å². The van der Waals surface area contributed by atoms with Crippen LogP contribution in [0.15, 0.2) is 24.8 Å². The summed E-state index contributed by atoms with van der Waals surface area (Å²) in [6, 6.07) is 2.70. The predicted octanol–water partition coefficient (Wildman–Crippen LogP) is 4.82. The Morgan fingerprint density at radius 2 is 1.94 bits per heavy atom. The Morgan fingerprint density at radius 1 is 1.17 bits per heavy atom. The van der Waals surface area contributed by atoms with Gasteiger partial charge in [0.15, 0.2) is 11.4 Å². The first kappa shape index (κ1) is 22.1. The van der Waals surface area contributed by atoms with Crippen molar-refractivity contribution in [1.29, 1.82) is 0 Å². The van der Waals surface area contributed by atoms with Gasteiger partial charge in [-0.25, -0.2) is 14.5 Å². The molecule has 3 saturated carbocycles. The zero-order valence-electron chi connectivity index (χ0n) is 21.6. The summed E-state index contributed by atoms with van der Waals surface area (Å²) in [6.45, 7) is 8.88. The van der Waals surface area contributed by atoms with Gasteiger partial charge in [0.05, 0.1) is 24.5 Å². The van der Waals surface area contributed by atoms with Gasteiger partial charge in [-0.1, -0.05) is 13.8 Å². The average molecular weight is 486 g/mol. The summed E-state index contributed by atoms with van der Waals surface area (Å²) < 4.78 is 7.42. The molecule has 0 unspecified atom stereocenters. The topological polar surface area (TPSA) is 83.4 Å². The molecule has 0 atom stereocenters. The number of aromatic amines is 1. The van der Waals surface area contributed by atoms with Gasteiger partial charge in [-0.3, -0.25) is 0 Å². The van der Waals surface area contributed by atoms with Gasteiger partial charge in [-0.15, -0.1) is 0 Å². The zero-order valence-corrected chi connectivity index (χ0v) is 21.6. The Kier molecular flexibility index (Phi) is 4.87. The van der Waals surface area contributed by atoms with Crippen LogP contribution in [0.1, 0.15) is 63.0 Å². The maximum atomic E-state index is 5.64. The molecule has 0 amide bonds. The molecule has 0 spiro atoms. The number of hydrogen-bond donors (Lipinski definition) is 2. The Labute approximate surface area is 211 Å². The van der Waals surface area contributed by atoms with Gasteiger partial charge < -0.3 is 19.9 Å². The Balaban J connectivity index is 1.23. The zero-order chi connectivity index (χ0) is 24.6. The molecule has 8 heteroatoms. The number of hydrogen-bond acceptors (Lipinski definition) is 6. The van der Waals surface area contributed by atoms with Gasteiger partial charge >= 0.3 is 0 Å². The number of pyridine rings is 2. The van der Waals surface area contributed by atoms with E-state index in [9.17, 15) is 0 Å². The predicted molar refractivity (Wildman–Crippen MR) is 142 cm³/mol. The third-order valence-corrected chi connectivity index (χ3v) is 8.86. The van der Waals surface area contributed by atoms with Crippen molar-refractivity contribution in [1.82, 2.24) is 29.9 Å². The van der Waals surface area contributed by atoms with Gasteiger partial charge in [0.25, 0.3) is 0 Å². The molecule has 188 valence electrons. The number of fused-ring (bicyclic) bond motifs is 2. The number of ether oxygens (including phenoxy) is 1. The van der Waals surface area contributed by atoms with Crippen molar-refractivity contribution in [2.75, 3.05) is 25.1 Å². The highest BCUT2D eigenvalue weighted by Crippen LogP contribution is 2.57. The molecule has 4 aromatic rings. The second-order valence-electron chi connectivity index (χ2n) is 11.6. The minimum atomic E-state index is 0.336. The summed E-state index contributed by atoms with van der Waals surface area (Å²) in [5, 5.41) is 9.66. The lowest BCUT2D eigenvalue weighted by Gasteiger charge is -2.63. The fraction of sp³-hybridized carbons (Fsp3) is 0.536. The highest BCUT2D eigenvalue weighted by molar-refractivity contribution is 5.95. The molecule has 0 radical (unpaired) electrons. The van der Waals surface area contributed by atoms with Crippen LogP contribution < -0.4 is 15.0 Å². The van der Waals surface area contributed by atoms with Crippen LogP contribution in [0.5, 0.6) is 5.75 Å². The Morgan fingerprint density at radius 3 is 2.61 bits per heavy atom. The van der Waals surface area contributed by atoms with E-state index in [0.717, 1.165) is 47.2 Å².